The Labute approximate surface area is 140 Å². The van der Waals surface area contributed by atoms with E-state index >= 15 is 0 Å². The molecule has 4 nitrogen and oxygen atoms in total. The van der Waals surface area contributed by atoms with Crippen molar-refractivity contribution in [1.82, 2.24) is 4.72 Å². The summed E-state index contributed by atoms with van der Waals surface area (Å²) < 4.78 is 45.6. The zero-order valence-corrected chi connectivity index (χ0v) is 14.3. The summed E-state index contributed by atoms with van der Waals surface area (Å²) in [5, 5.41) is 0.376. The van der Waals surface area contributed by atoms with Crippen LogP contribution in [0.15, 0.2) is 47.4 Å². The molecular formula is C16H17ClFNO3S. The van der Waals surface area contributed by atoms with Gasteiger partial charge in [0.2, 0.25) is 10.0 Å². The van der Waals surface area contributed by atoms with E-state index in [2.05, 4.69) is 4.72 Å². The summed E-state index contributed by atoms with van der Waals surface area (Å²) >= 11 is 5.96. The number of halogens is 2. The maximum atomic E-state index is 13.3. The fourth-order valence-corrected chi connectivity index (χ4v) is 3.36. The Kier molecular flexibility index (Phi) is 5.75. The van der Waals surface area contributed by atoms with Crippen molar-refractivity contribution in [2.75, 3.05) is 13.7 Å². The minimum absolute atomic E-state index is 0.0201. The Bertz CT molecular complexity index is 796. The van der Waals surface area contributed by atoms with Gasteiger partial charge in [0, 0.05) is 18.7 Å². The third kappa shape index (κ3) is 4.51. The summed E-state index contributed by atoms with van der Waals surface area (Å²) in [5.74, 6) is -0.405. The second-order valence-corrected chi connectivity index (χ2v) is 7.22. The lowest BCUT2D eigenvalue weighted by atomic mass is 10.1. The van der Waals surface area contributed by atoms with Crippen LogP contribution in [0.5, 0.6) is 0 Å². The Hall–Kier alpha value is -1.47. The third-order valence-corrected chi connectivity index (χ3v) is 5.25. The monoisotopic (exact) mass is 357 g/mol. The summed E-state index contributed by atoms with van der Waals surface area (Å²) in [6, 6.07) is 10.4. The number of nitrogens with one attached hydrogen (secondary N) is 1. The maximum absolute atomic E-state index is 13.3. The minimum Gasteiger partial charge on any atom is -0.375 e. The van der Waals surface area contributed by atoms with E-state index in [0.29, 0.717) is 10.6 Å². The number of methoxy groups -OCH3 is 1. The smallest absolute Gasteiger partial charge is 0.240 e. The van der Waals surface area contributed by atoms with Crippen LogP contribution in [0.1, 0.15) is 17.2 Å². The van der Waals surface area contributed by atoms with Crippen molar-refractivity contribution in [3.8, 4) is 0 Å². The molecule has 124 valence electrons. The van der Waals surface area contributed by atoms with Crippen LogP contribution in [0, 0.1) is 12.7 Å². The molecule has 0 spiro atoms. The highest BCUT2D eigenvalue weighted by Gasteiger charge is 2.19. The second kappa shape index (κ2) is 7.40. The van der Waals surface area contributed by atoms with Crippen LogP contribution >= 0.6 is 11.6 Å². The molecule has 0 amide bonds. The molecule has 1 unspecified atom stereocenters. The van der Waals surface area contributed by atoms with Crippen LogP contribution in [0.3, 0.4) is 0 Å². The average Bonchev–Trinajstić information content (AvgIpc) is 2.50. The zero-order valence-electron chi connectivity index (χ0n) is 12.7. The Balaban J connectivity index is 2.15. The first kappa shape index (κ1) is 17.9. The van der Waals surface area contributed by atoms with Crippen molar-refractivity contribution in [3.63, 3.8) is 0 Å². The average molecular weight is 358 g/mol. The summed E-state index contributed by atoms with van der Waals surface area (Å²) in [6.07, 6.45) is -0.596. The molecule has 0 aliphatic heterocycles. The quantitative estimate of drug-likeness (QED) is 0.861. The van der Waals surface area contributed by atoms with E-state index in [4.69, 9.17) is 16.3 Å². The molecule has 0 aliphatic rings. The van der Waals surface area contributed by atoms with Crippen molar-refractivity contribution < 1.29 is 17.5 Å². The van der Waals surface area contributed by atoms with E-state index in [1.165, 1.54) is 31.4 Å². The van der Waals surface area contributed by atoms with Gasteiger partial charge in [0.15, 0.2) is 0 Å². The number of hydrogen-bond donors (Lipinski definition) is 1. The van der Waals surface area contributed by atoms with Gasteiger partial charge in [-0.2, -0.15) is 0 Å². The van der Waals surface area contributed by atoms with Crippen molar-refractivity contribution >= 4 is 21.6 Å². The first-order valence-corrected chi connectivity index (χ1v) is 8.73. The van der Waals surface area contributed by atoms with Gasteiger partial charge in [0.1, 0.15) is 5.82 Å². The second-order valence-electron chi connectivity index (χ2n) is 5.04. The lowest BCUT2D eigenvalue weighted by Gasteiger charge is -2.17. The lowest BCUT2D eigenvalue weighted by Crippen LogP contribution is -2.29. The molecule has 2 aromatic rings. The van der Waals surface area contributed by atoms with Gasteiger partial charge in [-0.15, -0.1) is 0 Å². The van der Waals surface area contributed by atoms with Crippen LogP contribution in [-0.4, -0.2) is 22.1 Å². The van der Waals surface area contributed by atoms with Crippen LogP contribution in [0.25, 0.3) is 0 Å². The highest BCUT2D eigenvalue weighted by molar-refractivity contribution is 7.89. The van der Waals surface area contributed by atoms with Gasteiger partial charge >= 0.3 is 0 Å². The van der Waals surface area contributed by atoms with Crippen molar-refractivity contribution in [1.29, 1.82) is 0 Å². The fourth-order valence-electron chi connectivity index (χ4n) is 2.05. The molecule has 0 aliphatic carbocycles. The van der Waals surface area contributed by atoms with Crippen LogP contribution in [0.2, 0.25) is 5.02 Å². The molecule has 1 N–H and O–H groups in total. The molecular weight excluding hydrogens is 341 g/mol. The lowest BCUT2D eigenvalue weighted by molar-refractivity contribution is 0.107. The first-order chi connectivity index (χ1) is 10.8. The topological polar surface area (TPSA) is 55.4 Å². The maximum Gasteiger partial charge on any atom is 0.240 e. The Morgan fingerprint density at radius 1 is 1.26 bits per heavy atom. The van der Waals surface area contributed by atoms with Crippen LogP contribution in [0.4, 0.5) is 4.39 Å². The van der Waals surface area contributed by atoms with Gasteiger partial charge < -0.3 is 4.74 Å². The highest BCUT2D eigenvalue weighted by Crippen LogP contribution is 2.21. The number of hydrogen-bond acceptors (Lipinski definition) is 3. The molecule has 0 heterocycles. The number of rotatable bonds is 6. The van der Waals surface area contributed by atoms with Crippen LogP contribution in [-0.2, 0) is 14.8 Å². The molecule has 2 rings (SSSR count). The summed E-state index contributed by atoms with van der Waals surface area (Å²) in [5.41, 5.74) is 1.34. The largest absolute Gasteiger partial charge is 0.375 e. The summed E-state index contributed by atoms with van der Waals surface area (Å²) in [6.45, 7) is 1.77. The predicted molar refractivity (Wildman–Crippen MR) is 87.5 cm³/mol. The standard InChI is InChI=1S/C16H17ClFNO3S/c1-11-6-7-14(9-15(11)17)23(20,21)19-10-16(22-2)12-4-3-5-13(18)8-12/h3-9,16,19H,10H2,1-2H3. The molecule has 0 aromatic heterocycles. The number of ether oxygens (including phenoxy) is 1. The third-order valence-electron chi connectivity index (χ3n) is 3.42. The molecule has 0 saturated carbocycles. The first-order valence-electron chi connectivity index (χ1n) is 6.87. The number of aryl methyl sites for hydroxylation is 1. The normalized spacial score (nSPS) is 13.0. The van der Waals surface area contributed by atoms with E-state index in [1.54, 1.807) is 25.1 Å². The molecule has 7 heteroatoms. The SMILES string of the molecule is COC(CNS(=O)(=O)c1ccc(C)c(Cl)c1)c1cccc(F)c1. The molecule has 0 fully saturated rings. The molecule has 2 aromatic carbocycles. The summed E-state index contributed by atoms with van der Waals surface area (Å²) in [7, 11) is -2.29. The van der Waals surface area contributed by atoms with Crippen LogP contribution < -0.4 is 4.72 Å². The van der Waals surface area contributed by atoms with E-state index < -0.39 is 21.9 Å². The minimum atomic E-state index is -3.73. The predicted octanol–water partition coefficient (Wildman–Crippen LogP) is 3.45. The number of sulfonamides is 1. The van der Waals surface area contributed by atoms with E-state index in [1.807, 2.05) is 0 Å². The molecule has 23 heavy (non-hydrogen) atoms. The van der Waals surface area contributed by atoms with Gasteiger partial charge in [-0.1, -0.05) is 29.8 Å². The molecule has 1 atom stereocenters. The van der Waals surface area contributed by atoms with Gasteiger partial charge in [-0.05, 0) is 42.3 Å². The van der Waals surface area contributed by atoms with E-state index in [9.17, 15) is 12.8 Å². The van der Waals surface area contributed by atoms with E-state index in [-0.39, 0.29) is 11.4 Å². The molecule has 0 radical (unpaired) electrons. The molecule has 0 bridgehead atoms. The zero-order chi connectivity index (χ0) is 17.0. The van der Waals surface area contributed by atoms with Gasteiger partial charge in [-0.3, -0.25) is 0 Å². The Morgan fingerprint density at radius 3 is 2.61 bits per heavy atom. The fraction of sp³-hybridized carbons (Fsp3) is 0.250. The van der Waals surface area contributed by atoms with Crippen molar-refractivity contribution in [2.45, 2.75) is 17.9 Å². The van der Waals surface area contributed by atoms with Gasteiger partial charge in [0.05, 0.1) is 11.0 Å². The van der Waals surface area contributed by atoms with Crippen molar-refractivity contribution in [2.24, 2.45) is 0 Å². The highest BCUT2D eigenvalue weighted by atomic mass is 35.5. The van der Waals surface area contributed by atoms with Gasteiger partial charge in [-0.25, -0.2) is 17.5 Å². The van der Waals surface area contributed by atoms with E-state index in [0.717, 1.165) is 5.56 Å². The summed E-state index contributed by atoms with van der Waals surface area (Å²) in [4.78, 5) is 0.0715. The Morgan fingerprint density at radius 2 is 2.00 bits per heavy atom. The van der Waals surface area contributed by atoms with Gasteiger partial charge in [0.25, 0.3) is 0 Å². The number of benzene rings is 2. The van der Waals surface area contributed by atoms with Crippen molar-refractivity contribution in [3.05, 3.63) is 64.4 Å². The molecule has 0 saturated heterocycles.